The van der Waals surface area contributed by atoms with Crippen LogP contribution in [-0.2, 0) is 14.4 Å². The normalized spacial score (nSPS) is 10.4. The monoisotopic (exact) mass is 368 g/mol. The fourth-order valence-electron chi connectivity index (χ4n) is 2.03. The molecule has 0 aliphatic rings. The lowest BCUT2D eigenvalue weighted by Crippen LogP contribution is -2.43. The minimum absolute atomic E-state index is 0.00149. The second-order valence-corrected chi connectivity index (χ2v) is 6.21. The second-order valence-electron chi connectivity index (χ2n) is 5.80. The van der Waals surface area contributed by atoms with Crippen LogP contribution in [0.4, 0.5) is 5.69 Å². The van der Waals surface area contributed by atoms with Gasteiger partial charge in [-0.3, -0.25) is 19.3 Å². The van der Waals surface area contributed by atoms with E-state index in [1.54, 1.807) is 43.3 Å². The number of rotatable bonds is 9. The average molecular weight is 369 g/mol. The van der Waals surface area contributed by atoms with Crippen LogP contribution in [0.2, 0.25) is 5.02 Å². The second kappa shape index (κ2) is 10.7. The smallest absolute Gasteiger partial charge is 0.239 e. The molecule has 0 saturated carbocycles. The Balaban J connectivity index is 2.40. The molecule has 2 N–H and O–H groups in total. The van der Waals surface area contributed by atoms with E-state index in [-0.39, 0.29) is 37.4 Å². The molecule has 8 heteroatoms. The summed E-state index contributed by atoms with van der Waals surface area (Å²) in [7, 11) is 3.22. The summed E-state index contributed by atoms with van der Waals surface area (Å²) in [4.78, 5) is 38.7. The van der Waals surface area contributed by atoms with Crippen molar-refractivity contribution in [2.24, 2.45) is 0 Å². The van der Waals surface area contributed by atoms with Crippen molar-refractivity contribution in [3.8, 4) is 0 Å². The highest BCUT2D eigenvalue weighted by Crippen LogP contribution is 2.20. The van der Waals surface area contributed by atoms with Gasteiger partial charge < -0.3 is 15.5 Å². The Morgan fingerprint density at radius 3 is 2.36 bits per heavy atom. The van der Waals surface area contributed by atoms with Gasteiger partial charge >= 0.3 is 0 Å². The summed E-state index contributed by atoms with van der Waals surface area (Å²) in [6.45, 7) is 2.61. The molecule has 1 rings (SSSR count). The predicted octanol–water partition coefficient (Wildman–Crippen LogP) is 1.19. The number of nitrogens with one attached hydrogen (secondary N) is 2. The van der Waals surface area contributed by atoms with Crippen LogP contribution < -0.4 is 10.6 Å². The van der Waals surface area contributed by atoms with E-state index in [0.29, 0.717) is 17.3 Å². The van der Waals surface area contributed by atoms with Crippen molar-refractivity contribution in [1.82, 2.24) is 15.1 Å². The van der Waals surface area contributed by atoms with E-state index in [2.05, 4.69) is 10.6 Å². The van der Waals surface area contributed by atoms with Crippen molar-refractivity contribution in [3.05, 3.63) is 29.3 Å². The summed E-state index contributed by atoms with van der Waals surface area (Å²) in [5.74, 6) is -0.705. The van der Waals surface area contributed by atoms with Gasteiger partial charge in [-0.15, -0.1) is 0 Å². The van der Waals surface area contributed by atoms with Crippen LogP contribution in [0.15, 0.2) is 24.3 Å². The van der Waals surface area contributed by atoms with E-state index in [1.165, 1.54) is 4.90 Å². The number of halogens is 1. The van der Waals surface area contributed by atoms with Crippen molar-refractivity contribution < 1.29 is 14.4 Å². The molecule has 0 spiro atoms. The Kier molecular flexibility index (Phi) is 8.94. The Hall–Kier alpha value is -2.12. The van der Waals surface area contributed by atoms with Crippen LogP contribution in [0.5, 0.6) is 0 Å². The number of amides is 3. The van der Waals surface area contributed by atoms with Crippen LogP contribution in [0, 0.1) is 0 Å². The van der Waals surface area contributed by atoms with Gasteiger partial charge in [0.05, 0.1) is 30.3 Å². The van der Waals surface area contributed by atoms with E-state index in [0.717, 1.165) is 6.42 Å². The van der Waals surface area contributed by atoms with Gasteiger partial charge in [0.15, 0.2) is 0 Å². The fourth-order valence-corrected chi connectivity index (χ4v) is 2.21. The first-order valence-electron chi connectivity index (χ1n) is 8.07. The number of nitrogens with zero attached hydrogens (tertiary/aromatic N) is 2. The van der Waals surface area contributed by atoms with Gasteiger partial charge in [-0.2, -0.15) is 0 Å². The molecule has 0 bridgehead atoms. The molecule has 3 amide bonds. The van der Waals surface area contributed by atoms with Crippen LogP contribution in [-0.4, -0.2) is 67.8 Å². The molecule has 0 radical (unpaired) electrons. The highest BCUT2D eigenvalue weighted by molar-refractivity contribution is 6.33. The number of likely N-dealkylation sites (N-methyl/N-ethyl adjacent to an activating group) is 2. The van der Waals surface area contributed by atoms with Crippen LogP contribution in [0.1, 0.15) is 13.3 Å². The van der Waals surface area contributed by atoms with Gasteiger partial charge in [0.2, 0.25) is 17.7 Å². The molecule has 0 aliphatic carbocycles. The minimum Gasteiger partial charge on any atom is -0.355 e. The number of hydrogen-bond acceptors (Lipinski definition) is 4. The molecular weight excluding hydrogens is 344 g/mol. The molecule has 0 aromatic heterocycles. The van der Waals surface area contributed by atoms with E-state index < -0.39 is 0 Å². The lowest BCUT2D eigenvalue weighted by atomic mass is 10.3. The van der Waals surface area contributed by atoms with Gasteiger partial charge in [-0.05, 0) is 25.6 Å². The first kappa shape index (κ1) is 20.9. The maximum absolute atomic E-state index is 12.1. The SMILES string of the molecule is CCCNC(=O)CN(C)C(=O)CN(C)CC(=O)Nc1ccccc1Cl. The number of carbonyl (C=O) groups is 3. The van der Waals surface area contributed by atoms with Crippen molar-refractivity contribution in [3.63, 3.8) is 0 Å². The zero-order valence-electron chi connectivity index (χ0n) is 14.8. The van der Waals surface area contributed by atoms with Crippen molar-refractivity contribution in [2.45, 2.75) is 13.3 Å². The Bertz CT molecular complexity index is 609. The van der Waals surface area contributed by atoms with Gasteiger partial charge in [0, 0.05) is 13.6 Å². The van der Waals surface area contributed by atoms with Gasteiger partial charge in [0.25, 0.3) is 0 Å². The van der Waals surface area contributed by atoms with E-state index in [9.17, 15) is 14.4 Å². The first-order valence-corrected chi connectivity index (χ1v) is 8.44. The lowest BCUT2D eigenvalue weighted by Gasteiger charge is -2.21. The Morgan fingerprint density at radius 1 is 1.04 bits per heavy atom. The van der Waals surface area contributed by atoms with Crippen LogP contribution in [0.25, 0.3) is 0 Å². The molecule has 0 fully saturated rings. The highest BCUT2D eigenvalue weighted by Gasteiger charge is 2.16. The third kappa shape index (κ3) is 8.00. The topological polar surface area (TPSA) is 81.8 Å². The number of hydrogen-bond donors (Lipinski definition) is 2. The molecule has 7 nitrogen and oxygen atoms in total. The fraction of sp³-hybridized carbons (Fsp3) is 0.471. The van der Waals surface area contributed by atoms with Gasteiger partial charge in [-0.25, -0.2) is 0 Å². The molecule has 0 heterocycles. The zero-order valence-corrected chi connectivity index (χ0v) is 15.6. The molecule has 138 valence electrons. The quantitative estimate of drug-likeness (QED) is 0.686. The average Bonchev–Trinajstić information content (AvgIpc) is 2.54. The molecular formula is C17H25ClN4O3. The molecule has 25 heavy (non-hydrogen) atoms. The summed E-state index contributed by atoms with van der Waals surface area (Å²) in [5, 5.41) is 5.86. The molecule has 1 aromatic carbocycles. The highest BCUT2D eigenvalue weighted by atomic mass is 35.5. The molecule has 0 aliphatic heterocycles. The molecule has 0 unspecified atom stereocenters. The Morgan fingerprint density at radius 2 is 1.72 bits per heavy atom. The number of carbonyl (C=O) groups excluding carboxylic acids is 3. The van der Waals surface area contributed by atoms with E-state index >= 15 is 0 Å². The number of benzene rings is 1. The lowest BCUT2D eigenvalue weighted by molar-refractivity contribution is -0.135. The maximum Gasteiger partial charge on any atom is 0.239 e. The summed E-state index contributed by atoms with van der Waals surface area (Å²) in [5.41, 5.74) is 0.526. The third-order valence-corrected chi connectivity index (χ3v) is 3.67. The van der Waals surface area contributed by atoms with E-state index in [4.69, 9.17) is 11.6 Å². The minimum atomic E-state index is -0.272. The standard InChI is InChI=1S/C17H25ClN4O3/c1-4-9-19-15(23)11-22(3)17(25)12-21(2)10-16(24)20-14-8-6-5-7-13(14)18/h5-8H,4,9-12H2,1-3H3,(H,19,23)(H,20,24). The van der Waals surface area contributed by atoms with Crippen LogP contribution in [0.3, 0.4) is 0 Å². The van der Waals surface area contributed by atoms with Crippen LogP contribution >= 0.6 is 11.6 Å². The van der Waals surface area contributed by atoms with Gasteiger partial charge in [-0.1, -0.05) is 30.7 Å². The van der Waals surface area contributed by atoms with Gasteiger partial charge in [0.1, 0.15) is 0 Å². The summed E-state index contributed by atoms with van der Waals surface area (Å²) >= 11 is 5.99. The first-order chi connectivity index (χ1) is 11.8. The van der Waals surface area contributed by atoms with Crippen molar-refractivity contribution >= 4 is 35.0 Å². The molecule has 0 saturated heterocycles. The zero-order chi connectivity index (χ0) is 18.8. The maximum atomic E-state index is 12.1. The summed E-state index contributed by atoms with van der Waals surface area (Å²) in [6.07, 6.45) is 0.840. The molecule has 1 aromatic rings. The van der Waals surface area contributed by atoms with Crippen molar-refractivity contribution in [1.29, 1.82) is 0 Å². The largest absolute Gasteiger partial charge is 0.355 e. The Labute approximate surface area is 153 Å². The third-order valence-electron chi connectivity index (χ3n) is 3.35. The van der Waals surface area contributed by atoms with Crippen molar-refractivity contribution in [2.75, 3.05) is 45.6 Å². The summed E-state index contributed by atoms with van der Waals surface area (Å²) < 4.78 is 0. The number of anilines is 1. The molecule has 0 atom stereocenters. The van der Waals surface area contributed by atoms with E-state index in [1.807, 2.05) is 6.92 Å². The predicted molar refractivity (Wildman–Crippen MR) is 98.5 cm³/mol. The summed E-state index contributed by atoms with van der Waals surface area (Å²) in [6, 6.07) is 6.93. The number of para-hydroxylation sites is 1.